The van der Waals surface area contributed by atoms with Gasteiger partial charge in [-0.15, -0.1) is 0 Å². The lowest BCUT2D eigenvalue weighted by Crippen LogP contribution is -2.28. The van der Waals surface area contributed by atoms with Crippen molar-refractivity contribution in [2.45, 2.75) is 38.3 Å². The number of anilines is 2. The van der Waals surface area contributed by atoms with Gasteiger partial charge in [-0.2, -0.15) is 0 Å². The Balaban J connectivity index is 1.56. The molecule has 3 N–H and O–H groups in total. The monoisotopic (exact) mass is 357 g/mol. The number of nitrogens with one attached hydrogen (secondary N) is 1. The van der Waals surface area contributed by atoms with Gasteiger partial charge in [0.1, 0.15) is 11.5 Å². The van der Waals surface area contributed by atoms with Crippen LogP contribution in [-0.4, -0.2) is 23.8 Å². The van der Waals surface area contributed by atoms with Gasteiger partial charge in [0.15, 0.2) is 0 Å². The van der Waals surface area contributed by atoms with E-state index in [4.69, 9.17) is 10.5 Å². The first-order chi connectivity index (χ1) is 12.6. The van der Waals surface area contributed by atoms with Crippen LogP contribution in [0.25, 0.3) is 11.1 Å². The number of rotatable bonds is 5. The van der Waals surface area contributed by atoms with E-state index in [-0.39, 0.29) is 23.1 Å². The van der Waals surface area contributed by atoms with E-state index < -0.39 is 0 Å². The zero-order valence-corrected chi connectivity index (χ0v) is 14.7. The average molecular weight is 357 g/mol. The van der Waals surface area contributed by atoms with Crippen molar-refractivity contribution < 1.29 is 9.13 Å². The molecule has 6 heteroatoms. The number of nitrogens with zero attached hydrogens (tertiary/aromatic N) is 1. The normalized spacial score (nSPS) is 18.0. The predicted octanol–water partition coefficient (Wildman–Crippen LogP) is 3.24. The highest BCUT2D eigenvalue weighted by atomic mass is 19.1. The van der Waals surface area contributed by atoms with Gasteiger partial charge in [-0.25, -0.2) is 4.39 Å². The van der Waals surface area contributed by atoms with Crippen LogP contribution in [0.15, 0.2) is 35.3 Å². The number of halogens is 1. The van der Waals surface area contributed by atoms with Crippen LogP contribution in [0.4, 0.5) is 15.8 Å². The minimum Gasteiger partial charge on any atom is -0.394 e. The molecule has 2 heterocycles. The van der Waals surface area contributed by atoms with Crippen molar-refractivity contribution in [3.8, 4) is 11.1 Å². The number of hydrogen-bond acceptors (Lipinski definition) is 4. The fourth-order valence-electron chi connectivity index (χ4n) is 3.43. The van der Waals surface area contributed by atoms with Crippen LogP contribution < -0.4 is 16.6 Å². The molecule has 26 heavy (non-hydrogen) atoms. The van der Waals surface area contributed by atoms with E-state index >= 15 is 0 Å². The summed E-state index contributed by atoms with van der Waals surface area (Å²) in [5.41, 5.74) is 7.72. The lowest BCUT2D eigenvalue weighted by molar-refractivity contribution is 0.0904. The van der Waals surface area contributed by atoms with Crippen LogP contribution >= 0.6 is 0 Å². The minimum absolute atomic E-state index is 0.178. The molecule has 1 saturated carbocycles. The molecule has 5 nitrogen and oxygen atoms in total. The minimum atomic E-state index is -0.337. The Morgan fingerprint density at radius 2 is 1.96 bits per heavy atom. The summed E-state index contributed by atoms with van der Waals surface area (Å²) in [5, 5.41) is 3.24. The van der Waals surface area contributed by atoms with Crippen molar-refractivity contribution in [3.63, 3.8) is 0 Å². The molecule has 0 radical (unpaired) electrons. The summed E-state index contributed by atoms with van der Waals surface area (Å²) < 4.78 is 21.6. The smallest absolute Gasteiger partial charge is 0.274 e. The molecule has 0 unspecified atom stereocenters. The standard InChI is InChI=1S/C20H24FN3O2/c21-17-11-14(3-4-18(17)23-15-6-9-26-10-7-15)16-5-8-24(12-13-1-2-13)20(25)19(16)22/h3-5,8,11,13,15,23H,1-2,6-7,9-10,12,22H2. The number of ether oxygens (including phenoxy) is 1. The van der Waals surface area contributed by atoms with E-state index in [0.717, 1.165) is 12.8 Å². The lowest BCUT2D eigenvalue weighted by atomic mass is 10.0. The van der Waals surface area contributed by atoms with Crippen molar-refractivity contribution in [3.05, 3.63) is 46.6 Å². The fourth-order valence-corrected chi connectivity index (χ4v) is 3.43. The summed E-state index contributed by atoms with van der Waals surface area (Å²) >= 11 is 0. The Kier molecular flexibility index (Phi) is 4.68. The van der Waals surface area contributed by atoms with Crippen LogP contribution in [-0.2, 0) is 11.3 Å². The largest absolute Gasteiger partial charge is 0.394 e. The summed E-state index contributed by atoms with van der Waals surface area (Å²) in [7, 11) is 0. The number of nitrogen functional groups attached to an aromatic ring is 1. The maximum absolute atomic E-state index is 14.6. The van der Waals surface area contributed by atoms with Gasteiger partial charge in [0.05, 0.1) is 5.69 Å². The first kappa shape index (κ1) is 17.1. The van der Waals surface area contributed by atoms with Gasteiger partial charge >= 0.3 is 0 Å². The molecule has 1 saturated heterocycles. The molecule has 1 aliphatic heterocycles. The highest BCUT2D eigenvalue weighted by molar-refractivity contribution is 5.76. The number of nitrogens with two attached hydrogens (primary N) is 1. The third-order valence-corrected chi connectivity index (χ3v) is 5.22. The third kappa shape index (κ3) is 3.60. The number of hydrogen-bond donors (Lipinski definition) is 2. The molecule has 0 spiro atoms. The van der Waals surface area contributed by atoms with Crippen molar-refractivity contribution >= 4 is 11.4 Å². The van der Waals surface area contributed by atoms with Crippen LogP contribution in [0, 0.1) is 11.7 Å². The van der Waals surface area contributed by atoms with E-state index in [1.807, 2.05) is 0 Å². The van der Waals surface area contributed by atoms with E-state index in [0.29, 0.717) is 42.5 Å². The predicted molar refractivity (Wildman–Crippen MR) is 101 cm³/mol. The van der Waals surface area contributed by atoms with E-state index in [9.17, 15) is 9.18 Å². The third-order valence-electron chi connectivity index (χ3n) is 5.22. The molecular weight excluding hydrogens is 333 g/mol. The maximum Gasteiger partial charge on any atom is 0.274 e. The highest BCUT2D eigenvalue weighted by Crippen LogP contribution is 2.31. The highest BCUT2D eigenvalue weighted by Gasteiger charge is 2.23. The van der Waals surface area contributed by atoms with Gasteiger partial charge in [-0.05, 0) is 55.4 Å². The molecule has 0 amide bonds. The first-order valence-corrected chi connectivity index (χ1v) is 9.25. The molecule has 1 aromatic heterocycles. The molecule has 2 fully saturated rings. The van der Waals surface area contributed by atoms with Crippen LogP contribution in [0.1, 0.15) is 25.7 Å². The first-order valence-electron chi connectivity index (χ1n) is 9.25. The average Bonchev–Trinajstić information content (AvgIpc) is 3.46. The zero-order chi connectivity index (χ0) is 18.1. The number of benzene rings is 1. The van der Waals surface area contributed by atoms with Gasteiger partial charge in [0, 0.05) is 37.6 Å². The van der Waals surface area contributed by atoms with Crippen LogP contribution in [0.2, 0.25) is 0 Å². The van der Waals surface area contributed by atoms with Crippen molar-refractivity contribution in [2.75, 3.05) is 24.3 Å². The second-order valence-electron chi connectivity index (χ2n) is 7.27. The quantitative estimate of drug-likeness (QED) is 0.862. The summed E-state index contributed by atoms with van der Waals surface area (Å²) in [4.78, 5) is 12.5. The van der Waals surface area contributed by atoms with Crippen LogP contribution in [0.3, 0.4) is 0 Å². The van der Waals surface area contributed by atoms with Crippen LogP contribution in [0.5, 0.6) is 0 Å². The number of aromatic nitrogens is 1. The molecule has 0 atom stereocenters. The molecular formula is C20H24FN3O2. The van der Waals surface area contributed by atoms with Gasteiger partial charge in [-0.1, -0.05) is 6.07 Å². The molecule has 1 aliphatic carbocycles. The Morgan fingerprint density at radius 1 is 1.19 bits per heavy atom. The Morgan fingerprint density at radius 3 is 2.65 bits per heavy atom. The van der Waals surface area contributed by atoms with E-state index in [2.05, 4.69) is 5.32 Å². The lowest BCUT2D eigenvalue weighted by Gasteiger charge is -2.24. The zero-order valence-electron chi connectivity index (χ0n) is 14.7. The summed E-state index contributed by atoms with van der Waals surface area (Å²) in [6, 6.07) is 6.99. The second-order valence-corrected chi connectivity index (χ2v) is 7.27. The SMILES string of the molecule is Nc1c(-c2ccc(NC3CCOCC3)c(F)c2)ccn(CC2CC2)c1=O. The molecule has 4 rings (SSSR count). The second kappa shape index (κ2) is 7.11. The fraction of sp³-hybridized carbons (Fsp3) is 0.450. The molecule has 138 valence electrons. The maximum atomic E-state index is 14.6. The summed E-state index contributed by atoms with van der Waals surface area (Å²) in [6.45, 7) is 2.11. The van der Waals surface area contributed by atoms with Gasteiger partial charge < -0.3 is 20.4 Å². The van der Waals surface area contributed by atoms with Crippen molar-refractivity contribution in [1.29, 1.82) is 0 Å². The van der Waals surface area contributed by atoms with Crippen molar-refractivity contribution in [2.24, 2.45) is 5.92 Å². The Hall–Kier alpha value is -2.34. The summed E-state index contributed by atoms with van der Waals surface area (Å²) in [6.07, 6.45) is 5.83. The Bertz CT molecular complexity index is 855. The van der Waals surface area contributed by atoms with Crippen molar-refractivity contribution in [1.82, 2.24) is 4.57 Å². The topological polar surface area (TPSA) is 69.3 Å². The van der Waals surface area contributed by atoms with E-state index in [1.54, 1.807) is 29.0 Å². The molecule has 0 bridgehead atoms. The van der Waals surface area contributed by atoms with E-state index in [1.165, 1.54) is 18.9 Å². The number of pyridine rings is 1. The summed E-state index contributed by atoms with van der Waals surface area (Å²) in [5.74, 6) is 0.251. The molecule has 2 aliphatic rings. The van der Waals surface area contributed by atoms with Gasteiger partial charge in [0.2, 0.25) is 0 Å². The molecule has 2 aromatic rings. The van der Waals surface area contributed by atoms with Gasteiger partial charge in [0.25, 0.3) is 5.56 Å². The van der Waals surface area contributed by atoms with Gasteiger partial charge in [-0.3, -0.25) is 4.79 Å². The Labute approximate surface area is 152 Å². The molecule has 1 aromatic carbocycles.